The Labute approximate surface area is 146 Å². The lowest BCUT2D eigenvalue weighted by Crippen LogP contribution is -2.26. The van der Waals surface area contributed by atoms with Crippen LogP contribution in [0.25, 0.3) is 11.3 Å². The number of nitrogens with zero attached hydrogens (tertiary/aromatic N) is 2. The zero-order valence-corrected chi connectivity index (χ0v) is 13.8. The molecule has 0 aliphatic carbocycles. The standard InChI is InChI=1S/C17H13N3O4S/c21-15(8-20-6-2-1-3-16(20)22)19-17-18-12(9-25-17)11-4-5-13-14(7-11)24-10-23-13/h1-7,9H,8,10H2,(H,18,19,21). The molecule has 0 unspecified atom stereocenters. The van der Waals surface area contributed by atoms with E-state index in [9.17, 15) is 9.59 Å². The number of ether oxygens (including phenoxy) is 2. The molecule has 25 heavy (non-hydrogen) atoms. The van der Waals surface area contributed by atoms with Crippen molar-refractivity contribution in [2.45, 2.75) is 6.54 Å². The van der Waals surface area contributed by atoms with Crippen molar-refractivity contribution < 1.29 is 14.3 Å². The topological polar surface area (TPSA) is 82.5 Å². The van der Waals surface area contributed by atoms with Crippen molar-refractivity contribution in [1.29, 1.82) is 0 Å². The first kappa shape index (κ1) is 15.4. The first-order chi connectivity index (χ1) is 12.2. The van der Waals surface area contributed by atoms with E-state index in [0.29, 0.717) is 16.6 Å². The molecule has 1 amide bonds. The maximum Gasteiger partial charge on any atom is 0.250 e. The predicted molar refractivity (Wildman–Crippen MR) is 93.0 cm³/mol. The maximum absolute atomic E-state index is 12.1. The van der Waals surface area contributed by atoms with Gasteiger partial charge in [-0.3, -0.25) is 9.59 Å². The van der Waals surface area contributed by atoms with Gasteiger partial charge in [0.1, 0.15) is 6.54 Å². The lowest BCUT2D eigenvalue weighted by atomic mass is 10.1. The predicted octanol–water partition coefficient (Wildman–Crippen LogP) is 2.34. The van der Waals surface area contributed by atoms with Crippen molar-refractivity contribution in [1.82, 2.24) is 9.55 Å². The third-order valence-corrected chi connectivity index (χ3v) is 4.39. The van der Waals surface area contributed by atoms with Crippen molar-refractivity contribution in [3.05, 3.63) is 58.3 Å². The largest absolute Gasteiger partial charge is 0.454 e. The van der Waals surface area contributed by atoms with Gasteiger partial charge in [0.2, 0.25) is 12.7 Å². The summed E-state index contributed by atoms with van der Waals surface area (Å²) >= 11 is 1.32. The van der Waals surface area contributed by atoms with Gasteiger partial charge in [-0.25, -0.2) is 4.98 Å². The normalized spacial score (nSPS) is 12.2. The van der Waals surface area contributed by atoms with Gasteiger partial charge in [-0.15, -0.1) is 11.3 Å². The number of hydrogen-bond donors (Lipinski definition) is 1. The summed E-state index contributed by atoms with van der Waals surface area (Å²) < 4.78 is 12.0. The highest BCUT2D eigenvalue weighted by molar-refractivity contribution is 7.14. The Hall–Kier alpha value is -3.13. The van der Waals surface area contributed by atoms with Crippen LogP contribution in [0, 0.1) is 0 Å². The second kappa shape index (κ2) is 6.40. The molecule has 3 aromatic rings. The number of pyridine rings is 1. The molecule has 0 fully saturated rings. The Morgan fingerprint density at radius 2 is 2.12 bits per heavy atom. The van der Waals surface area contributed by atoms with Gasteiger partial charge < -0.3 is 19.4 Å². The van der Waals surface area contributed by atoms with Crippen LogP contribution >= 0.6 is 11.3 Å². The molecule has 0 spiro atoms. The molecule has 3 heterocycles. The third-order valence-electron chi connectivity index (χ3n) is 3.63. The van der Waals surface area contributed by atoms with Crippen LogP contribution in [-0.2, 0) is 11.3 Å². The molecule has 0 radical (unpaired) electrons. The molecule has 2 aromatic heterocycles. The van der Waals surface area contributed by atoms with Gasteiger partial charge in [-0.2, -0.15) is 0 Å². The lowest BCUT2D eigenvalue weighted by molar-refractivity contribution is -0.116. The van der Waals surface area contributed by atoms with Crippen molar-refractivity contribution in [3.8, 4) is 22.8 Å². The molecular formula is C17H13N3O4S. The minimum atomic E-state index is -0.306. The summed E-state index contributed by atoms with van der Waals surface area (Å²) in [6.07, 6.45) is 1.57. The van der Waals surface area contributed by atoms with E-state index in [1.807, 2.05) is 23.6 Å². The summed E-state index contributed by atoms with van der Waals surface area (Å²) in [5, 5.41) is 5.04. The molecule has 0 bridgehead atoms. The second-order valence-electron chi connectivity index (χ2n) is 5.32. The van der Waals surface area contributed by atoms with Gasteiger partial charge >= 0.3 is 0 Å². The molecule has 8 heteroatoms. The maximum atomic E-state index is 12.1. The van der Waals surface area contributed by atoms with Gasteiger partial charge in [0, 0.05) is 23.2 Å². The number of fused-ring (bicyclic) bond motifs is 1. The monoisotopic (exact) mass is 355 g/mol. The average Bonchev–Trinajstić information content (AvgIpc) is 3.25. The fourth-order valence-electron chi connectivity index (χ4n) is 2.42. The van der Waals surface area contributed by atoms with Crippen LogP contribution in [0.5, 0.6) is 11.5 Å². The number of amides is 1. The Morgan fingerprint density at radius 1 is 1.24 bits per heavy atom. The van der Waals surface area contributed by atoms with E-state index in [1.54, 1.807) is 18.3 Å². The van der Waals surface area contributed by atoms with Crippen molar-refractivity contribution in [3.63, 3.8) is 0 Å². The number of carbonyl (C=O) groups is 1. The van der Waals surface area contributed by atoms with Gasteiger partial charge in [0.15, 0.2) is 16.6 Å². The van der Waals surface area contributed by atoms with Gasteiger partial charge in [-0.1, -0.05) is 6.07 Å². The van der Waals surface area contributed by atoms with E-state index in [2.05, 4.69) is 10.3 Å². The lowest BCUT2D eigenvalue weighted by Gasteiger charge is -2.04. The molecule has 0 saturated heterocycles. The van der Waals surface area contributed by atoms with E-state index < -0.39 is 0 Å². The number of anilines is 1. The van der Waals surface area contributed by atoms with Gasteiger partial charge in [0.25, 0.3) is 5.56 Å². The smallest absolute Gasteiger partial charge is 0.250 e. The summed E-state index contributed by atoms with van der Waals surface area (Å²) in [6.45, 7) is 0.161. The Morgan fingerprint density at radius 3 is 3.00 bits per heavy atom. The quantitative estimate of drug-likeness (QED) is 0.777. The highest BCUT2D eigenvalue weighted by Crippen LogP contribution is 2.36. The van der Waals surface area contributed by atoms with Crippen LogP contribution in [0.4, 0.5) is 5.13 Å². The Balaban J connectivity index is 1.47. The number of thiazole rings is 1. The Kier molecular flexibility index (Phi) is 3.95. The zero-order valence-electron chi connectivity index (χ0n) is 13.0. The Bertz CT molecular complexity index is 995. The highest BCUT2D eigenvalue weighted by Gasteiger charge is 2.15. The number of hydrogen-bond acceptors (Lipinski definition) is 6. The van der Waals surface area contributed by atoms with Gasteiger partial charge in [0.05, 0.1) is 5.69 Å². The molecule has 4 rings (SSSR count). The van der Waals surface area contributed by atoms with Crippen molar-refractivity contribution in [2.24, 2.45) is 0 Å². The number of aromatic nitrogens is 2. The zero-order chi connectivity index (χ0) is 17.2. The van der Waals surface area contributed by atoms with Crippen molar-refractivity contribution in [2.75, 3.05) is 12.1 Å². The summed E-state index contributed by atoms with van der Waals surface area (Å²) in [4.78, 5) is 28.1. The van der Waals surface area contributed by atoms with Crippen LogP contribution in [0.2, 0.25) is 0 Å². The number of rotatable bonds is 4. The fourth-order valence-corrected chi connectivity index (χ4v) is 3.16. The second-order valence-corrected chi connectivity index (χ2v) is 6.18. The first-order valence-corrected chi connectivity index (χ1v) is 8.38. The van der Waals surface area contributed by atoms with E-state index >= 15 is 0 Å². The summed E-state index contributed by atoms with van der Waals surface area (Å²) in [7, 11) is 0. The third kappa shape index (κ3) is 3.24. The van der Waals surface area contributed by atoms with E-state index in [0.717, 1.165) is 11.3 Å². The molecule has 126 valence electrons. The molecule has 0 atom stereocenters. The van der Waals surface area contributed by atoms with Crippen LogP contribution in [-0.4, -0.2) is 22.3 Å². The molecule has 1 aromatic carbocycles. The molecule has 1 aliphatic heterocycles. The van der Waals surface area contributed by atoms with Gasteiger partial charge in [-0.05, 0) is 24.3 Å². The molecule has 1 N–H and O–H groups in total. The van der Waals surface area contributed by atoms with Crippen LogP contribution in [0.1, 0.15) is 0 Å². The minimum Gasteiger partial charge on any atom is -0.454 e. The minimum absolute atomic E-state index is 0.0569. The summed E-state index contributed by atoms with van der Waals surface area (Å²) in [5.74, 6) is 1.08. The first-order valence-electron chi connectivity index (χ1n) is 7.50. The molecule has 1 aliphatic rings. The number of nitrogens with one attached hydrogen (secondary N) is 1. The van der Waals surface area contributed by atoms with Crippen LogP contribution in [0.3, 0.4) is 0 Å². The van der Waals surface area contributed by atoms with Crippen LogP contribution < -0.4 is 20.3 Å². The van der Waals surface area contributed by atoms with Crippen LogP contribution in [0.15, 0.2) is 52.8 Å². The summed E-state index contributed by atoms with van der Waals surface area (Å²) in [5.41, 5.74) is 1.38. The van der Waals surface area contributed by atoms with E-state index in [1.165, 1.54) is 22.0 Å². The molecule has 7 nitrogen and oxygen atoms in total. The average molecular weight is 355 g/mol. The summed E-state index contributed by atoms with van der Waals surface area (Å²) in [6, 6.07) is 10.3. The fraction of sp³-hybridized carbons (Fsp3) is 0.118. The van der Waals surface area contributed by atoms with E-state index in [4.69, 9.17) is 9.47 Å². The van der Waals surface area contributed by atoms with Crippen molar-refractivity contribution >= 4 is 22.4 Å². The molecular weight excluding hydrogens is 342 g/mol. The van der Waals surface area contributed by atoms with E-state index in [-0.39, 0.29) is 24.8 Å². The highest BCUT2D eigenvalue weighted by atomic mass is 32.1. The number of carbonyl (C=O) groups excluding carboxylic acids is 1. The SMILES string of the molecule is O=C(Cn1ccccc1=O)Nc1nc(-c2ccc3c(c2)OCO3)cs1. The molecule has 0 saturated carbocycles. The number of benzene rings is 1.